The Morgan fingerprint density at radius 2 is 1.70 bits per heavy atom. The third kappa shape index (κ3) is 3.29. The predicted octanol–water partition coefficient (Wildman–Crippen LogP) is 3.34. The highest BCUT2D eigenvalue weighted by molar-refractivity contribution is 6.42. The van der Waals surface area contributed by atoms with E-state index in [0.717, 1.165) is 0 Å². The number of nitrogens with two attached hydrogens (primary N) is 1. The zero-order chi connectivity index (χ0) is 14.7. The first-order chi connectivity index (χ1) is 9.47. The van der Waals surface area contributed by atoms with Gasteiger partial charge in [0.1, 0.15) is 0 Å². The SMILES string of the molecule is NC(=O)c1cccc(NC(=O)c2ccc(Cl)c(Cl)c2)c1. The highest BCUT2D eigenvalue weighted by Gasteiger charge is 2.09. The van der Waals surface area contributed by atoms with Crippen LogP contribution < -0.4 is 11.1 Å². The molecule has 0 saturated carbocycles. The van der Waals surface area contributed by atoms with E-state index >= 15 is 0 Å². The number of anilines is 1. The molecule has 2 aromatic rings. The zero-order valence-corrected chi connectivity index (χ0v) is 11.7. The number of amides is 2. The Kier molecular flexibility index (Phi) is 4.27. The maximum Gasteiger partial charge on any atom is 0.255 e. The van der Waals surface area contributed by atoms with Gasteiger partial charge < -0.3 is 11.1 Å². The minimum Gasteiger partial charge on any atom is -0.366 e. The average Bonchev–Trinajstić information content (AvgIpc) is 2.42. The maximum absolute atomic E-state index is 12.0. The Labute approximate surface area is 125 Å². The minimum atomic E-state index is -0.560. The summed E-state index contributed by atoms with van der Waals surface area (Å²) < 4.78 is 0. The summed E-state index contributed by atoms with van der Waals surface area (Å²) in [6.45, 7) is 0. The number of carbonyl (C=O) groups is 2. The molecule has 0 aliphatic heterocycles. The van der Waals surface area contributed by atoms with Gasteiger partial charge in [0.2, 0.25) is 5.91 Å². The number of nitrogens with one attached hydrogen (secondary N) is 1. The minimum absolute atomic E-state index is 0.296. The Morgan fingerprint density at radius 1 is 0.950 bits per heavy atom. The van der Waals surface area contributed by atoms with Crippen LogP contribution in [0.5, 0.6) is 0 Å². The van der Waals surface area contributed by atoms with Crippen LogP contribution >= 0.6 is 23.2 Å². The fraction of sp³-hybridized carbons (Fsp3) is 0. The highest BCUT2D eigenvalue weighted by atomic mass is 35.5. The Morgan fingerprint density at radius 3 is 2.35 bits per heavy atom. The highest BCUT2D eigenvalue weighted by Crippen LogP contribution is 2.23. The summed E-state index contributed by atoms with van der Waals surface area (Å²) in [6, 6.07) is 10.9. The molecule has 2 rings (SSSR count). The zero-order valence-electron chi connectivity index (χ0n) is 10.2. The van der Waals surface area contributed by atoms with Gasteiger partial charge in [-0.1, -0.05) is 29.3 Å². The van der Waals surface area contributed by atoms with Gasteiger partial charge in [0.25, 0.3) is 5.91 Å². The molecule has 2 aromatic carbocycles. The van der Waals surface area contributed by atoms with Crippen LogP contribution in [0.4, 0.5) is 5.69 Å². The van der Waals surface area contributed by atoms with Crippen LogP contribution in [0, 0.1) is 0 Å². The van der Waals surface area contributed by atoms with Gasteiger partial charge in [-0.25, -0.2) is 0 Å². The Bertz CT molecular complexity index is 687. The van der Waals surface area contributed by atoms with Crippen LogP contribution in [-0.4, -0.2) is 11.8 Å². The molecule has 0 bridgehead atoms. The molecule has 0 aliphatic rings. The second-order valence-corrected chi connectivity index (χ2v) is 4.84. The van der Waals surface area contributed by atoms with Crippen LogP contribution in [0.3, 0.4) is 0 Å². The monoisotopic (exact) mass is 308 g/mol. The van der Waals surface area contributed by atoms with Gasteiger partial charge in [-0.2, -0.15) is 0 Å². The largest absolute Gasteiger partial charge is 0.366 e. The molecule has 102 valence electrons. The third-order valence-electron chi connectivity index (χ3n) is 2.59. The summed E-state index contributed by atoms with van der Waals surface area (Å²) >= 11 is 11.6. The van der Waals surface area contributed by atoms with Crippen molar-refractivity contribution < 1.29 is 9.59 Å². The second kappa shape index (κ2) is 5.94. The van der Waals surface area contributed by atoms with Crippen molar-refractivity contribution in [1.82, 2.24) is 0 Å². The van der Waals surface area contributed by atoms with Crippen LogP contribution in [-0.2, 0) is 0 Å². The first-order valence-corrected chi connectivity index (χ1v) is 6.39. The fourth-order valence-corrected chi connectivity index (χ4v) is 1.89. The Hall–Kier alpha value is -2.04. The lowest BCUT2D eigenvalue weighted by molar-refractivity contribution is 0.0996. The molecule has 20 heavy (non-hydrogen) atoms. The molecule has 0 atom stereocenters. The first-order valence-electron chi connectivity index (χ1n) is 5.63. The van der Waals surface area contributed by atoms with Gasteiger partial charge in [-0.15, -0.1) is 0 Å². The number of hydrogen-bond acceptors (Lipinski definition) is 2. The van der Waals surface area contributed by atoms with Crippen molar-refractivity contribution in [3.63, 3.8) is 0 Å². The van der Waals surface area contributed by atoms with Crippen molar-refractivity contribution in [3.05, 3.63) is 63.6 Å². The lowest BCUT2D eigenvalue weighted by atomic mass is 10.1. The summed E-state index contributed by atoms with van der Waals surface area (Å²) in [7, 11) is 0. The van der Waals surface area contributed by atoms with Crippen molar-refractivity contribution >= 4 is 40.7 Å². The summed E-state index contributed by atoms with van der Waals surface area (Å²) in [6.07, 6.45) is 0. The topological polar surface area (TPSA) is 72.2 Å². The molecule has 6 heteroatoms. The number of hydrogen-bond donors (Lipinski definition) is 2. The van der Waals surface area contributed by atoms with Crippen molar-refractivity contribution in [2.75, 3.05) is 5.32 Å². The molecule has 0 spiro atoms. The molecule has 0 aliphatic carbocycles. The van der Waals surface area contributed by atoms with Gasteiger partial charge in [-0.3, -0.25) is 9.59 Å². The number of benzene rings is 2. The van der Waals surface area contributed by atoms with Gasteiger partial charge in [0.15, 0.2) is 0 Å². The average molecular weight is 309 g/mol. The molecule has 3 N–H and O–H groups in total. The van der Waals surface area contributed by atoms with E-state index in [-0.39, 0.29) is 5.91 Å². The van der Waals surface area contributed by atoms with E-state index in [0.29, 0.717) is 26.9 Å². The molecule has 2 amide bonds. The molecule has 0 saturated heterocycles. The number of carbonyl (C=O) groups excluding carboxylic acids is 2. The van der Waals surface area contributed by atoms with Crippen LogP contribution in [0.25, 0.3) is 0 Å². The van der Waals surface area contributed by atoms with Gasteiger partial charge >= 0.3 is 0 Å². The molecule has 0 unspecified atom stereocenters. The number of rotatable bonds is 3. The van der Waals surface area contributed by atoms with E-state index in [1.807, 2.05) is 0 Å². The molecule has 0 heterocycles. The molecule has 4 nitrogen and oxygen atoms in total. The normalized spacial score (nSPS) is 10.1. The van der Waals surface area contributed by atoms with Crippen molar-refractivity contribution in [1.29, 1.82) is 0 Å². The lowest BCUT2D eigenvalue weighted by Gasteiger charge is -2.07. The van der Waals surface area contributed by atoms with Crippen LogP contribution in [0.1, 0.15) is 20.7 Å². The van der Waals surface area contributed by atoms with Gasteiger partial charge in [-0.05, 0) is 36.4 Å². The quantitative estimate of drug-likeness (QED) is 0.912. The van der Waals surface area contributed by atoms with E-state index in [9.17, 15) is 9.59 Å². The summed E-state index contributed by atoms with van der Waals surface area (Å²) in [5.74, 6) is -0.916. The van der Waals surface area contributed by atoms with Crippen LogP contribution in [0.2, 0.25) is 10.0 Å². The second-order valence-electron chi connectivity index (χ2n) is 4.03. The smallest absolute Gasteiger partial charge is 0.255 e. The van der Waals surface area contributed by atoms with Crippen molar-refractivity contribution in [3.8, 4) is 0 Å². The fourth-order valence-electron chi connectivity index (χ4n) is 1.59. The van der Waals surface area contributed by atoms with Gasteiger partial charge in [0.05, 0.1) is 10.0 Å². The maximum atomic E-state index is 12.0. The van der Waals surface area contributed by atoms with E-state index in [4.69, 9.17) is 28.9 Å². The van der Waals surface area contributed by atoms with Crippen LogP contribution in [0.15, 0.2) is 42.5 Å². The van der Waals surface area contributed by atoms with Crippen molar-refractivity contribution in [2.45, 2.75) is 0 Å². The molecule has 0 fully saturated rings. The summed E-state index contributed by atoms with van der Waals surface area (Å²) in [4.78, 5) is 23.1. The lowest BCUT2D eigenvalue weighted by Crippen LogP contribution is -2.14. The predicted molar refractivity (Wildman–Crippen MR) is 79.4 cm³/mol. The van der Waals surface area contributed by atoms with E-state index in [1.54, 1.807) is 30.3 Å². The molecule has 0 radical (unpaired) electrons. The van der Waals surface area contributed by atoms with E-state index in [2.05, 4.69) is 5.32 Å². The third-order valence-corrected chi connectivity index (χ3v) is 3.33. The Balaban J connectivity index is 2.21. The molecule has 0 aromatic heterocycles. The van der Waals surface area contributed by atoms with E-state index < -0.39 is 5.91 Å². The van der Waals surface area contributed by atoms with E-state index in [1.165, 1.54) is 12.1 Å². The number of halogens is 2. The molecular weight excluding hydrogens is 299 g/mol. The van der Waals surface area contributed by atoms with Gasteiger partial charge in [0, 0.05) is 16.8 Å². The summed E-state index contributed by atoms with van der Waals surface area (Å²) in [5, 5.41) is 3.32. The standard InChI is InChI=1S/C14H10Cl2N2O2/c15-11-5-4-9(7-12(11)16)14(20)18-10-3-1-2-8(6-10)13(17)19/h1-7H,(H2,17,19)(H,18,20). The first kappa shape index (κ1) is 14.4. The van der Waals surface area contributed by atoms with Crippen molar-refractivity contribution in [2.24, 2.45) is 5.73 Å². The molecular formula is C14H10Cl2N2O2. The summed E-state index contributed by atoms with van der Waals surface area (Å²) in [5.41, 5.74) is 6.33. The number of primary amides is 1.